The van der Waals surface area contributed by atoms with E-state index in [1.807, 2.05) is 30.3 Å². The van der Waals surface area contributed by atoms with Crippen LogP contribution in [0.4, 0.5) is 5.95 Å². The number of rotatable bonds is 5. The molecule has 0 unspecified atom stereocenters. The number of imidazole rings is 1. The van der Waals surface area contributed by atoms with E-state index < -0.39 is 0 Å². The molecule has 3 heterocycles. The Morgan fingerprint density at radius 2 is 2.35 bits per heavy atom. The van der Waals surface area contributed by atoms with Gasteiger partial charge in [-0.3, -0.25) is 4.79 Å². The summed E-state index contributed by atoms with van der Waals surface area (Å²) in [6.07, 6.45) is 4.22. The Labute approximate surface area is 156 Å². The Bertz CT molecular complexity index is 890. The maximum atomic E-state index is 12.5. The summed E-state index contributed by atoms with van der Waals surface area (Å²) >= 11 is 6.04. The monoisotopic (exact) mass is 372 g/mol. The second-order valence-corrected chi connectivity index (χ2v) is 7.06. The Kier molecular flexibility index (Phi) is 4.84. The Morgan fingerprint density at radius 1 is 1.42 bits per heavy atom. The molecule has 26 heavy (non-hydrogen) atoms. The van der Waals surface area contributed by atoms with E-state index in [9.17, 15) is 4.79 Å². The first kappa shape index (κ1) is 17.0. The number of H-pyrrole nitrogens is 1. The standard InChI is InChI=1S/C19H21ClN4O2/c20-14-5-6-16-17(11-14)23-19(22-16)24-9-1-3-13(12-24)18(25)21-8-7-15-4-2-10-26-15/h2,4-6,10-11,13H,1,3,7-9,12H2,(H,21,25)(H,22,23)/t13-/m1/s1. The normalized spacial score (nSPS) is 17.6. The molecule has 0 saturated carbocycles. The maximum Gasteiger partial charge on any atom is 0.224 e. The molecule has 136 valence electrons. The zero-order valence-electron chi connectivity index (χ0n) is 14.4. The van der Waals surface area contributed by atoms with Crippen LogP contribution in [0.3, 0.4) is 0 Å². The summed E-state index contributed by atoms with van der Waals surface area (Å²) in [7, 11) is 0. The average molecular weight is 373 g/mol. The summed E-state index contributed by atoms with van der Waals surface area (Å²) in [5, 5.41) is 3.70. The zero-order valence-corrected chi connectivity index (χ0v) is 15.1. The quantitative estimate of drug-likeness (QED) is 0.720. The van der Waals surface area contributed by atoms with Gasteiger partial charge in [-0.05, 0) is 43.2 Å². The smallest absolute Gasteiger partial charge is 0.224 e. The summed E-state index contributed by atoms with van der Waals surface area (Å²) < 4.78 is 5.29. The second-order valence-electron chi connectivity index (χ2n) is 6.63. The van der Waals surface area contributed by atoms with Crippen LogP contribution in [0.1, 0.15) is 18.6 Å². The fraction of sp³-hybridized carbons (Fsp3) is 0.368. The lowest BCUT2D eigenvalue weighted by Gasteiger charge is -2.31. The van der Waals surface area contributed by atoms with Crippen molar-refractivity contribution in [2.24, 2.45) is 5.92 Å². The van der Waals surface area contributed by atoms with Gasteiger partial charge in [-0.15, -0.1) is 0 Å². The van der Waals surface area contributed by atoms with Crippen LogP contribution in [0.5, 0.6) is 0 Å². The summed E-state index contributed by atoms with van der Waals surface area (Å²) in [6, 6.07) is 9.38. The summed E-state index contributed by atoms with van der Waals surface area (Å²) in [5.41, 5.74) is 1.80. The third-order valence-corrected chi connectivity index (χ3v) is 5.01. The van der Waals surface area contributed by atoms with Crippen molar-refractivity contribution < 1.29 is 9.21 Å². The Balaban J connectivity index is 1.37. The van der Waals surface area contributed by atoms with Crippen molar-refractivity contribution in [3.63, 3.8) is 0 Å². The van der Waals surface area contributed by atoms with Crippen molar-refractivity contribution >= 4 is 34.5 Å². The van der Waals surface area contributed by atoms with Crippen LogP contribution in [0.15, 0.2) is 41.0 Å². The van der Waals surface area contributed by atoms with Crippen LogP contribution >= 0.6 is 11.6 Å². The van der Waals surface area contributed by atoms with Crippen LogP contribution in [-0.4, -0.2) is 35.5 Å². The van der Waals surface area contributed by atoms with Gasteiger partial charge in [0.25, 0.3) is 0 Å². The van der Waals surface area contributed by atoms with Crippen molar-refractivity contribution in [1.82, 2.24) is 15.3 Å². The highest BCUT2D eigenvalue weighted by molar-refractivity contribution is 6.31. The highest BCUT2D eigenvalue weighted by Gasteiger charge is 2.27. The molecule has 4 rings (SSSR count). The van der Waals surface area contributed by atoms with Crippen LogP contribution in [0.2, 0.25) is 5.02 Å². The number of nitrogens with zero attached hydrogens (tertiary/aromatic N) is 2. The van der Waals surface area contributed by atoms with E-state index >= 15 is 0 Å². The van der Waals surface area contributed by atoms with Crippen LogP contribution < -0.4 is 10.2 Å². The molecule has 1 aromatic carbocycles. The van der Waals surface area contributed by atoms with Crippen molar-refractivity contribution in [1.29, 1.82) is 0 Å². The molecule has 1 saturated heterocycles. The fourth-order valence-electron chi connectivity index (χ4n) is 3.41. The number of carbonyl (C=O) groups is 1. The molecule has 7 heteroatoms. The molecular formula is C19H21ClN4O2. The van der Waals surface area contributed by atoms with E-state index in [2.05, 4.69) is 20.2 Å². The number of furan rings is 1. The first-order valence-electron chi connectivity index (χ1n) is 8.89. The van der Waals surface area contributed by atoms with Gasteiger partial charge in [0.15, 0.2) is 0 Å². The molecule has 1 aliphatic rings. The first-order chi connectivity index (χ1) is 12.7. The number of nitrogens with one attached hydrogen (secondary N) is 2. The van der Waals surface area contributed by atoms with E-state index in [1.165, 1.54) is 0 Å². The number of amides is 1. The molecule has 0 radical (unpaired) electrons. The molecule has 3 aromatic rings. The predicted octanol–water partition coefficient (Wildman–Crippen LogP) is 3.38. The summed E-state index contributed by atoms with van der Waals surface area (Å²) in [6.45, 7) is 2.15. The second kappa shape index (κ2) is 7.41. The van der Waals surface area contributed by atoms with Gasteiger partial charge in [0.2, 0.25) is 11.9 Å². The topological polar surface area (TPSA) is 74.2 Å². The molecule has 1 aliphatic heterocycles. The van der Waals surface area contributed by atoms with E-state index in [4.69, 9.17) is 16.0 Å². The van der Waals surface area contributed by atoms with E-state index in [-0.39, 0.29) is 11.8 Å². The van der Waals surface area contributed by atoms with Crippen LogP contribution in [0.25, 0.3) is 11.0 Å². The SMILES string of the molecule is O=C(NCCc1ccco1)[C@@H]1CCCN(c2nc3ccc(Cl)cc3[nH]2)C1. The number of hydrogen-bond donors (Lipinski definition) is 2. The summed E-state index contributed by atoms with van der Waals surface area (Å²) in [5.74, 6) is 1.75. The number of hydrogen-bond acceptors (Lipinski definition) is 4. The molecule has 0 spiro atoms. The van der Waals surface area contributed by atoms with Gasteiger partial charge in [0, 0.05) is 31.1 Å². The maximum absolute atomic E-state index is 12.5. The molecular weight excluding hydrogens is 352 g/mol. The number of benzene rings is 1. The molecule has 1 fully saturated rings. The number of piperidine rings is 1. The van der Waals surface area contributed by atoms with Gasteiger partial charge in [-0.1, -0.05) is 11.6 Å². The highest BCUT2D eigenvalue weighted by Crippen LogP contribution is 2.25. The number of halogens is 1. The highest BCUT2D eigenvalue weighted by atomic mass is 35.5. The number of aromatic amines is 1. The lowest BCUT2D eigenvalue weighted by atomic mass is 9.97. The zero-order chi connectivity index (χ0) is 17.9. The molecule has 0 bridgehead atoms. The lowest BCUT2D eigenvalue weighted by molar-refractivity contribution is -0.125. The number of anilines is 1. The van der Waals surface area contributed by atoms with Crippen molar-refractivity contribution in [2.45, 2.75) is 19.3 Å². The predicted molar refractivity (Wildman–Crippen MR) is 101 cm³/mol. The molecule has 6 nitrogen and oxygen atoms in total. The number of carbonyl (C=O) groups excluding carboxylic acids is 1. The fourth-order valence-corrected chi connectivity index (χ4v) is 3.58. The minimum absolute atomic E-state index is 0.0304. The Hall–Kier alpha value is -2.47. The molecule has 1 atom stereocenters. The van der Waals surface area contributed by atoms with Crippen LogP contribution in [0, 0.1) is 5.92 Å². The van der Waals surface area contributed by atoms with E-state index in [0.29, 0.717) is 24.5 Å². The van der Waals surface area contributed by atoms with E-state index in [0.717, 1.165) is 42.1 Å². The van der Waals surface area contributed by atoms with E-state index in [1.54, 1.807) is 6.26 Å². The minimum Gasteiger partial charge on any atom is -0.469 e. The van der Waals surface area contributed by atoms with Gasteiger partial charge in [0.05, 0.1) is 23.2 Å². The third kappa shape index (κ3) is 3.70. The van der Waals surface area contributed by atoms with Gasteiger partial charge >= 0.3 is 0 Å². The first-order valence-corrected chi connectivity index (χ1v) is 9.27. The van der Waals surface area contributed by atoms with Gasteiger partial charge in [-0.2, -0.15) is 0 Å². The molecule has 2 aromatic heterocycles. The molecule has 0 aliphatic carbocycles. The van der Waals surface area contributed by atoms with Crippen molar-refractivity contribution in [3.8, 4) is 0 Å². The lowest BCUT2D eigenvalue weighted by Crippen LogP contribution is -2.43. The largest absolute Gasteiger partial charge is 0.469 e. The average Bonchev–Trinajstić information content (AvgIpc) is 3.31. The summed E-state index contributed by atoms with van der Waals surface area (Å²) in [4.78, 5) is 22.6. The number of aromatic nitrogens is 2. The Morgan fingerprint density at radius 3 is 3.19 bits per heavy atom. The number of fused-ring (bicyclic) bond motifs is 1. The third-order valence-electron chi connectivity index (χ3n) is 4.77. The van der Waals surface area contributed by atoms with Gasteiger partial charge in [-0.25, -0.2) is 4.98 Å². The molecule has 2 N–H and O–H groups in total. The molecule has 1 amide bonds. The van der Waals surface area contributed by atoms with Crippen LogP contribution in [-0.2, 0) is 11.2 Å². The minimum atomic E-state index is -0.0304. The van der Waals surface area contributed by atoms with Crippen molar-refractivity contribution in [2.75, 3.05) is 24.5 Å². The van der Waals surface area contributed by atoms with Gasteiger partial charge < -0.3 is 19.6 Å². The van der Waals surface area contributed by atoms with Gasteiger partial charge in [0.1, 0.15) is 5.76 Å². The van der Waals surface area contributed by atoms with Crippen molar-refractivity contribution in [3.05, 3.63) is 47.4 Å².